The van der Waals surface area contributed by atoms with Gasteiger partial charge in [0.25, 0.3) is 0 Å². The minimum Gasteiger partial charge on any atom is -0.478 e. The Bertz CT molecular complexity index is 847. The number of benzene rings is 2. The molecule has 0 aliphatic carbocycles. The van der Waals surface area contributed by atoms with E-state index in [1.165, 1.54) is 0 Å². The molecule has 1 atom stereocenters. The molecule has 28 heavy (non-hydrogen) atoms. The van der Waals surface area contributed by atoms with Gasteiger partial charge in [-0.3, -0.25) is 9.80 Å². The van der Waals surface area contributed by atoms with E-state index in [1.54, 1.807) is 23.1 Å². The number of aromatic carboxylic acids is 1. The lowest BCUT2D eigenvalue weighted by Gasteiger charge is -2.44. The quantitative estimate of drug-likeness (QED) is 0.858. The second kappa shape index (κ2) is 8.02. The summed E-state index contributed by atoms with van der Waals surface area (Å²) in [5, 5.41) is 9.24. The van der Waals surface area contributed by atoms with Crippen LogP contribution in [0.2, 0.25) is 0 Å². The van der Waals surface area contributed by atoms with Crippen LogP contribution in [-0.2, 0) is 11.3 Å². The second-order valence-electron chi connectivity index (χ2n) is 7.49. The van der Waals surface area contributed by atoms with Crippen LogP contribution < -0.4 is 4.90 Å². The molecule has 3 fully saturated rings. The van der Waals surface area contributed by atoms with Crippen molar-refractivity contribution in [3.8, 4) is 0 Å². The van der Waals surface area contributed by atoms with Crippen LogP contribution in [0.5, 0.6) is 0 Å². The van der Waals surface area contributed by atoms with E-state index >= 15 is 0 Å². The Morgan fingerprint density at radius 3 is 2.46 bits per heavy atom. The average Bonchev–Trinajstić information content (AvgIpc) is 2.73. The van der Waals surface area contributed by atoms with Crippen molar-refractivity contribution in [2.24, 2.45) is 5.92 Å². The summed E-state index contributed by atoms with van der Waals surface area (Å²) in [6.07, 6.45) is 1.69. The maximum atomic E-state index is 13.1. The van der Waals surface area contributed by atoms with E-state index < -0.39 is 5.97 Å². The number of hydrogen-bond donors (Lipinski definition) is 1. The number of nitrogens with zero attached hydrogens (tertiary/aromatic N) is 2. The Balaban J connectivity index is 1.54. The van der Waals surface area contributed by atoms with Crippen molar-refractivity contribution < 1.29 is 19.4 Å². The Hall–Kier alpha value is -2.86. The zero-order chi connectivity index (χ0) is 19.5. The molecule has 3 aliphatic heterocycles. The fraction of sp³-hybridized carbons (Fsp3) is 0.364. The van der Waals surface area contributed by atoms with E-state index in [9.17, 15) is 14.7 Å². The van der Waals surface area contributed by atoms with Crippen molar-refractivity contribution in [3.05, 3.63) is 65.7 Å². The lowest BCUT2D eigenvalue weighted by Crippen LogP contribution is -2.53. The molecule has 2 aromatic rings. The molecule has 2 aromatic carbocycles. The molecule has 3 aliphatic rings. The van der Waals surface area contributed by atoms with Gasteiger partial charge in [-0.15, -0.1) is 0 Å². The normalized spacial score (nSPS) is 23.2. The average molecular weight is 380 g/mol. The number of para-hydroxylation sites is 1. The Labute approximate surface area is 164 Å². The highest BCUT2D eigenvalue weighted by molar-refractivity contribution is 5.89. The van der Waals surface area contributed by atoms with E-state index in [4.69, 9.17) is 4.74 Å². The van der Waals surface area contributed by atoms with Crippen molar-refractivity contribution in [3.63, 3.8) is 0 Å². The Morgan fingerprint density at radius 2 is 1.82 bits per heavy atom. The lowest BCUT2D eigenvalue weighted by atomic mass is 9.86. The SMILES string of the molecule is O=C(O)c1cccc(CN(C(=O)O[C@H]2CN3CCC2CC3)c2ccccc2)c1. The number of ether oxygens (including phenoxy) is 1. The van der Waals surface area contributed by atoms with Gasteiger partial charge in [0.15, 0.2) is 0 Å². The van der Waals surface area contributed by atoms with Crippen LogP contribution >= 0.6 is 0 Å². The van der Waals surface area contributed by atoms with Crippen molar-refractivity contribution in [1.82, 2.24) is 4.90 Å². The van der Waals surface area contributed by atoms with E-state index in [1.807, 2.05) is 36.4 Å². The molecule has 0 aromatic heterocycles. The molecule has 1 amide bonds. The van der Waals surface area contributed by atoms with Gasteiger partial charge >= 0.3 is 12.1 Å². The molecule has 0 spiro atoms. The summed E-state index contributed by atoms with van der Waals surface area (Å²) in [4.78, 5) is 28.3. The van der Waals surface area contributed by atoms with Crippen LogP contribution in [0.1, 0.15) is 28.8 Å². The van der Waals surface area contributed by atoms with Crippen LogP contribution in [0.25, 0.3) is 0 Å². The lowest BCUT2D eigenvalue weighted by molar-refractivity contribution is -0.0311. The minimum atomic E-state index is -0.983. The number of rotatable bonds is 5. The highest BCUT2D eigenvalue weighted by atomic mass is 16.6. The summed E-state index contributed by atoms with van der Waals surface area (Å²) in [5.74, 6) is -0.551. The number of carboxylic acid groups (broad SMARTS) is 1. The largest absolute Gasteiger partial charge is 0.478 e. The van der Waals surface area contributed by atoms with Gasteiger partial charge in [0.1, 0.15) is 6.10 Å². The van der Waals surface area contributed by atoms with E-state index in [0.717, 1.165) is 43.7 Å². The second-order valence-corrected chi connectivity index (χ2v) is 7.49. The van der Waals surface area contributed by atoms with E-state index in [2.05, 4.69) is 4.90 Å². The first-order valence-electron chi connectivity index (χ1n) is 9.68. The monoisotopic (exact) mass is 380 g/mol. The van der Waals surface area contributed by atoms with Gasteiger partial charge < -0.3 is 9.84 Å². The fourth-order valence-corrected chi connectivity index (χ4v) is 4.09. The van der Waals surface area contributed by atoms with Crippen LogP contribution in [0.4, 0.5) is 10.5 Å². The van der Waals surface area contributed by atoms with Crippen LogP contribution in [0.15, 0.2) is 54.6 Å². The van der Waals surface area contributed by atoms with Gasteiger partial charge in [-0.25, -0.2) is 9.59 Å². The summed E-state index contributed by atoms with van der Waals surface area (Å²) in [6.45, 7) is 3.23. The van der Waals surface area contributed by atoms with Crippen LogP contribution in [-0.4, -0.2) is 47.8 Å². The van der Waals surface area contributed by atoms with Crippen LogP contribution in [0, 0.1) is 5.92 Å². The molecule has 2 bridgehead atoms. The zero-order valence-corrected chi connectivity index (χ0v) is 15.7. The third-order valence-corrected chi connectivity index (χ3v) is 5.65. The van der Waals surface area contributed by atoms with Crippen molar-refractivity contribution in [2.75, 3.05) is 24.5 Å². The predicted octanol–water partition coefficient (Wildman–Crippen LogP) is 3.62. The summed E-state index contributed by atoms with van der Waals surface area (Å²) in [6, 6.07) is 16.0. The smallest absolute Gasteiger partial charge is 0.414 e. The minimum absolute atomic E-state index is 0.0773. The summed E-state index contributed by atoms with van der Waals surface area (Å²) in [7, 11) is 0. The van der Waals surface area contributed by atoms with E-state index in [-0.39, 0.29) is 24.3 Å². The molecule has 0 unspecified atom stereocenters. The Kier molecular flexibility index (Phi) is 5.30. The van der Waals surface area contributed by atoms with Gasteiger partial charge in [0.05, 0.1) is 12.1 Å². The van der Waals surface area contributed by atoms with Crippen molar-refractivity contribution >= 4 is 17.7 Å². The molecule has 3 heterocycles. The molecule has 146 valence electrons. The molecular formula is C22H24N2O4. The predicted molar refractivity (Wildman–Crippen MR) is 105 cm³/mol. The molecule has 3 saturated heterocycles. The van der Waals surface area contributed by atoms with Crippen molar-refractivity contribution in [1.29, 1.82) is 0 Å². The molecule has 0 saturated carbocycles. The van der Waals surface area contributed by atoms with Gasteiger partial charge in [-0.05, 0) is 61.7 Å². The van der Waals surface area contributed by atoms with Crippen LogP contribution in [0.3, 0.4) is 0 Å². The molecule has 0 radical (unpaired) electrons. The maximum absolute atomic E-state index is 13.1. The first-order chi connectivity index (χ1) is 13.6. The standard InChI is InChI=1S/C22H24N2O4/c25-21(26)18-6-4-5-16(13-18)14-24(19-7-2-1-3-8-19)22(27)28-20-15-23-11-9-17(20)10-12-23/h1-8,13,17,20H,9-12,14-15H2,(H,25,26)/t20-/m0/s1. The van der Waals surface area contributed by atoms with Gasteiger partial charge in [0, 0.05) is 12.2 Å². The number of anilines is 1. The van der Waals surface area contributed by atoms with Gasteiger partial charge in [-0.1, -0.05) is 30.3 Å². The topological polar surface area (TPSA) is 70.1 Å². The Morgan fingerprint density at radius 1 is 1.07 bits per heavy atom. The number of carbonyl (C=O) groups excluding carboxylic acids is 1. The molecule has 5 rings (SSSR count). The summed E-state index contributed by atoms with van der Waals surface area (Å²) in [5.41, 5.74) is 1.68. The summed E-state index contributed by atoms with van der Waals surface area (Å²) >= 11 is 0. The number of carbonyl (C=O) groups is 2. The van der Waals surface area contributed by atoms with Gasteiger partial charge in [-0.2, -0.15) is 0 Å². The molecule has 6 heteroatoms. The van der Waals surface area contributed by atoms with Gasteiger partial charge in [0.2, 0.25) is 0 Å². The first-order valence-corrected chi connectivity index (χ1v) is 9.68. The van der Waals surface area contributed by atoms with Crippen molar-refractivity contribution in [2.45, 2.75) is 25.5 Å². The fourth-order valence-electron chi connectivity index (χ4n) is 4.09. The highest BCUT2D eigenvalue weighted by Gasteiger charge is 2.37. The zero-order valence-electron chi connectivity index (χ0n) is 15.7. The first kappa shape index (κ1) is 18.5. The number of amides is 1. The number of fused-ring (bicyclic) bond motifs is 3. The number of carboxylic acids is 1. The third-order valence-electron chi connectivity index (χ3n) is 5.65. The number of hydrogen-bond acceptors (Lipinski definition) is 4. The molecule has 6 nitrogen and oxygen atoms in total. The summed E-state index contributed by atoms with van der Waals surface area (Å²) < 4.78 is 5.92. The molecule has 1 N–H and O–H groups in total. The molecular weight excluding hydrogens is 356 g/mol. The number of piperidine rings is 3. The maximum Gasteiger partial charge on any atom is 0.414 e. The highest BCUT2D eigenvalue weighted by Crippen LogP contribution is 2.30. The van der Waals surface area contributed by atoms with E-state index in [0.29, 0.717) is 5.92 Å². The third kappa shape index (κ3) is 4.02.